The summed E-state index contributed by atoms with van der Waals surface area (Å²) in [6.45, 7) is 2.10. The van der Waals surface area contributed by atoms with E-state index in [4.69, 9.17) is 16.3 Å². The average molecular weight is 412 g/mol. The predicted octanol–water partition coefficient (Wildman–Crippen LogP) is 4.00. The van der Waals surface area contributed by atoms with E-state index in [-0.39, 0.29) is 5.91 Å². The van der Waals surface area contributed by atoms with Crippen molar-refractivity contribution in [1.82, 2.24) is 19.7 Å². The van der Waals surface area contributed by atoms with Gasteiger partial charge in [0.05, 0.1) is 17.6 Å². The third kappa shape index (κ3) is 5.13. The molecule has 150 valence electrons. The van der Waals surface area contributed by atoms with Gasteiger partial charge in [0.2, 0.25) is 5.91 Å². The summed E-state index contributed by atoms with van der Waals surface area (Å²) < 4.78 is 7.67. The van der Waals surface area contributed by atoms with Crippen molar-refractivity contribution < 1.29 is 9.53 Å². The zero-order chi connectivity index (χ0) is 20.1. The fourth-order valence-electron chi connectivity index (χ4n) is 3.41. The highest BCUT2D eigenvalue weighted by molar-refractivity contribution is 6.32. The van der Waals surface area contributed by atoms with Crippen LogP contribution in [-0.2, 0) is 4.79 Å². The zero-order valence-corrected chi connectivity index (χ0v) is 16.6. The quantitative estimate of drug-likeness (QED) is 0.663. The molecular formula is C21H22ClN5O2. The Hall–Kier alpha value is -2.90. The van der Waals surface area contributed by atoms with Crippen molar-refractivity contribution in [2.75, 3.05) is 25.0 Å². The minimum atomic E-state index is -0.0241. The minimum absolute atomic E-state index is 0.0241. The van der Waals surface area contributed by atoms with E-state index >= 15 is 0 Å². The van der Waals surface area contributed by atoms with Crippen LogP contribution < -0.4 is 10.1 Å². The van der Waals surface area contributed by atoms with Gasteiger partial charge < -0.3 is 10.1 Å². The summed E-state index contributed by atoms with van der Waals surface area (Å²) in [7, 11) is 0. The Labute approximate surface area is 174 Å². The number of hydrogen-bond acceptors (Lipinski definition) is 5. The van der Waals surface area contributed by atoms with E-state index in [9.17, 15) is 4.79 Å². The summed E-state index contributed by atoms with van der Waals surface area (Å²) in [5, 5.41) is 7.70. The van der Waals surface area contributed by atoms with Gasteiger partial charge in [0.1, 0.15) is 24.2 Å². The number of amides is 1. The number of hydrogen-bond donors (Lipinski definition) is 1. The minimum Gasteiger partial charge on any atom is -0.456 e. The number of aromatic nitrogens is 3. The number of ether oxygens (including phenoxy) is 1. The Balaban J connectivity index is 1.25. The van der Waals surface area contributed by atoms with Gasteiger partial charge in [0.15, 0.2) is 0 Å². The topological polar surface area (TPSA) is 72.3 Å². The molecule has 0 atom stereocenters. The van der Waals surface area contributed by atoms with Gasteiger partial charge in [-0.1, -0.05) is 23.7 Å². The Morgan fingerprint density at radius 1 is 1.14 bits per heavy atom. The first kappa shape index (κ1) is 19.4. The number of anilines is 1. The lowest BCUT2D eigenvalue weighted by Gasteiger charge is -2.31. The summed E-state index contributed by atoms with van der Waals surface area (Å²) in [5.41, 5.74) is 0.735. The Kier molecular flexibility index (Phi) is 6.07. The fraction of sp³-hybridized carbons (Fsp3) is 0.286. The van der Waals surface area contributed by atoms with Crippen molar-refractivity contribution in [3.05, 3.63) is 66.2 Å². The van der Waals surface area contributed by atoms with Gasteiger partial charge in [-0.15, -0.1) is 0 Å². The van der Waals surface area contributed by atoms with Crippen molar-refractivity contribution in [2.45, 2.75) is 18.9 Å². The maximum absolute atomic E-state index is 12.4. The third-order valence-corrected chi connectivity index (χ3v) is 5.25. The van der Waals surface area contributed by atoms with Gasteiger partial charge in [-0.25, -0.2) is 9.67 Å². The van der Waals surface area contributed by atoms with Crippen molar-refractivity contribution in [3.8, 4) is 11.5 Å². The maximum Gasteiger partial charge on any atom is 0.238 e. The molecule has 1 aliphatic heterocycles. The number of para-hydroxylation sites is 1. The van der Waals surface area contributed by atoms with Gasteiger partial charge in [-0.3, -0.25) is 9.69 Å². The predicted molar refractivity (Wildman–Crippen MR) is 111 cm³/mol. The molecule has 4 rings (SSSR count). The molecule has 1 amide bonds. The Morgan fingerprint density at radius 2 is 1.90 bits per heavy atom. The van der Waals surface area contributed by atoms with Crippen LogP contribution in [0.25, 0.3) is 0 Å². The zero-order valence-electron chi connectivity index (χ0n) is 15.9. The lowest BCUT2D eigenvalue weighted by molar-refractivity contribution is -0.117. The molecule has 0 radical (unpaired) electrons. The molecule has 2 aromatic carbocycles. The van der Waals surface area contributed by atoms with Crippen molar-refractivity contribution in [3.63, 3.8) is 0 Å². The average Bonchev–Trinajstić information content (AvgIpc) is 3.27. The summed E-state index contributed by atoms with van der Waals surface area (Å²) >= 11 is 6.11. The number of carbonyl (C=O) groups excluding carboxylic acids is 1. The number of likely N-dealkylation sites (tertiary alicyclic amines) is 1. The summed E-state index contributed by atoms with van der Waals surface area (Å²) in [4.78, 5) is 18.6. The number of halogens is 1. The van der Waals surface area contributed by atoms with E-state index in [0.717, 1.165) is 31.6 Å². The molecule has 0 bridgehead atoms. The smallest absolute Gasteiger partial charge is 0.238 e. The number of nitrogens with zero attached hydrogens (tertiary/aromatic N) is 4. The molecule has 1 saturated heterocycles. The van der Waals surface area contributed by atoms with Crippen LogP contribution in [0.3, 0.4) is 0 Å². The van der Waals surface area contributed by atoms with Crippen molar-refractivity contribution in [1.29, 1.82) is 0 Å². The van der Waals surface area contributed by atoms with Crippen LogP contribution in [0.1, 0.15) is 18.9 Å². The molecule has 1 aromatic heterocycles. The number of piperidine rings is 1. The van der Waals surface area contributed by atoms with E-state index in [1.165, 1.54) is 0 Å². The molecule has 0 unspecified atom stereocenters. The second-order valence-electron chi connectivity index (χ2n) is 6.99. The van der Waals surface area contributed by atoms with E-state index < -0.39 is 0 Å². The molecule has 0 spiro atoms. The van der Waals surface area contributed by atoms with Crippen molar-refractivity contribution >= 4 is 23.2 Å². The highest BCUT2D eigenvalue weighted by Crippen LogP contribution is 2.29. The van der Waals surface area contributed by atoms with E-state index in [1.54, 1.807) is 18.7 Å². The van der Waals surface area contributed by atoms with E-state index in [1.807, 2.05) is 47.1 Å². The lowest BCUT2D eigenvalue weighted by Crippen LogP contribution is -2.39. The van der Waals surface area contributed by atoms with Crippen LogP contribution in [0, 0.1) is 0 Å². The molecule has 1 N–H and O–H groups in total. The molecule has 1 aliphatic rings. The van der Waals surface area contributed by atoms with Gasteiger partial charge >= 0.3 is 0 Å². The van der Waals surface area contributed by atoms with Crippen LogP contribution in [-0.4, -0.2) is 45.2 Å². The van der Waals surface area contributed by atoms with E-state index in [2.05, 4.69) is 20.3 Å². The van der Waals surface area contributed by atoms with Crippen LogP contribution in [0.15, 0.2) is 61.2 Å². The molecule has 29 heavy (non-hydrogen) atoms. The van der Waals surface area contributed by atoms with Gasteiger partial charge in [0.25, 0.3) is 0 Å². The van der Waals surface area contributed by atoms with Crippen molar-refractivity contribution in [2.24, 2.45) is 0 Å². The number of nitrogens with one attached hydrogen (secondary N) is 1. The third-order valence-electron chi connectivity index (χ3n) is 4.94. The van der Waals surface area contributed by atoms with Crippen LogP contribution in [0.5, 0.6) is 11.5 Å². The Bertz CT molecular complexity index is 938. The van der Waals surface area contributed by atoms with Crippen LogP contribution in [0.2, 0.25) is 5.02 Å². The maximum atomic E-state index is 12.4. The van der Waals surface area contributed by atoms with Crippen LogP contribution >= 0.6 is 11.6 Å². The highest BCUT2D eigenvalue weighted by atomic mass is 35.5. The fourth-order valence-corrected chi connectivity index (χ4v) is 3.59. The van der Waals surface area contributed by atoms with Crippen LogP contribution in [0.4, 0.5) is 5.69 Å². The molecule has 0 aliphatic carbocycles. The molecule has 3 aromatic rings. The lowest BCUT2D eigenvalue weighted by atomic mass is 10.1. The van der Waals surface area contributed by atoms with Gasteiger partial charge in [0, 0.05) is 18.8 Å². The summed E-state index contributed by atoms with van der Waals surface area (Å²) in [6, 6.07) is 14.9. The normalized spacial score (nSPS) is 15.2. The molecule has 0 saturated carbocycles. The summed E-state index contributed by atoms with van der Waals surface area (Å²) in [5.74, 6) is 1.23. The largest absolute Gasteiger partial charge is 0.456 e. The first-order valence-corrected chi connectivity index (χ1v) is 9.94. The summed E-state index contributed by atoms with van der Waals surface area (Å²) in [6.07, 6.45) is 5.24. The molecular weight excluding hydrogens is 390 g/mol. The van der Waals surface area contributed by atoms with Gasteiger partial charge in [-0.05, 0) is 49.2 Å². The standard InChI is InChI=1S/C21H22ClN5O2/c22-19-3-1-2-4-20(19)29-18-7-5-16(6-8-18)25-21(28)13-26-11-9-17(10-12-26)27-15-23-14-24-27/h1-8,14-15,17H,9-13H2,(H,25,28). The highest BCUT2D eigenvalue weighted by Gasteiger charge is 2.22. The first-order valence-electron chi connectivity index (χ1n) is 9.56. The number of carbonyl (C=O) groups is 1. The Morgan fingerprint density at radius 3 is 2.59 bits per heavy atom. The molecule has 1 fully saturated rings. The molecule has 7 nitrogen and oxygen atoms in total. The van der Waals surface area contributed by atoms with E-state index in [0.29, 0.717) is 29.1 Å². The van der Waals surface area contributed by atoms with Gasteiger partial charge in [-0.2, -0.15) is 5.10 Å². The number of rotatable bonds is 6. The monoisotopic (exact) mass is 411 g/mol. The molecule has 2 heterocycles. The number of benzene rings is 2. The first-order chi connectivity index (χ1) is 14.2. The molecule has 8 heteroatoms. The second-order valence-corrected chi connectivity index (χ2v) is 7.40. The SMILES string of the molecule is O=C(CN1CCC(n2cncn2)CC1)Nc1ccc(Oc2ccccc2Cl)cc1. The second kappa shape index (κ2) is 9.07.